The van der Waals surface area contributed by atoms with E-state index in [0.29, 0.717) is 44.8 Å². The number of sulfonamides is 1. The lowest BCUT2D eigenvalue weighted by atomic mass is 10.1. The minimum absolute atomic E-state index is 0.0412. The number of hydrogen-bond donors (Lipinski definition) is 2. The van der Waals surface area contributed by atoms with Crippen molar-refractivity contribution < 1.29 is 13.2 Å². The fraction of sp³-hybridized carbons (Fsp3) is 0.667. The van der Waals surface area contributed by atoms with Crippen LogP contribution in [0.3, 0.4) is 0 Å². The molecule has 9 heteroatoms. The van der Waals surface area contributed by atoms with Gasteiger partial charge in [-0.2, -0.15) is 4.31 Å². The summed E-state index contributed by atoms with van der Waals surface area (Å²) in [5.74, 6) is 0.581. The van der Waals surface area contributed by atoms with Crippen molar-refractivity contribution in [1.29, 1.82) is 0 Å². The number of piperidine rings is 1. The van der Waals surface area contributed by atoms with Gasteiger partial charge in [0.2, 0.25) is 0 Å². The van der Waals surface area contributed by atoms with E-state index < -0.39 is 10.0 Å². The quantitative estimate of drug-likeness (QED) is 0.814. The minimum atomic E-state index is -3.51. The molecular weight excluding hydrogens is 294 g/mol. The number of aromatic nitrogens is 2. The molecule has 8 nitrogen and oxygen atoms in total. The second kappa shape index (κ2) is 5.30. The molecular formula is C12H19N5O3S. The highest BCUT2D eigenvalue weighted by molar-refractivity contribution is 7.89. The molecule has 0 saturated carbocycles. The van der Waals surface area contributed by atoms with Gasteiger partial charge < -0.3 is 15.2 Å². The van der Waals surface area contributed by atoms with E-state index in [-0.39, 0.29) is 17.1 Å². The number of aryl methyl sites for hydroxylation is 1. The van der Waals surface area contributed by atoms with Gasteiger partial charge in [0.05, 0.1) is 6.20 Å². The fourth-order valence-electron chi connectivity index (χ4n) is 2.90. The molecule has 2 aliphatic heterocycles. The lowest BCUT2D eigenvalue weighted by Gasteiger charge is -2.35. The van der Waals surface area contributed by atoms with Crippen molar-refractivity contribution in [2.45, 2.75) is 30.8 Å². The summed E-state index contributed by atoms with van der Waals surface area (Å²) in [6.07, 6.45) is 2.68. The van der Waals surface area contributed by atoms with Gasteiger partial charge in [-0.3, -0.25) is 0 Å². The van der Waals surface area contributed by atoms with Crippen LogP contribution in [0.4, 0.5) is 4.79 Å². The number of rotatable bonds is 3. The van der Waals surface area contributed by atoms with E-state index in [1.165, 1.54) is 10.5 Å². The number of aromatic amines is 1. The first-order chi connectivity index (χ1) is 9.98. The Morgan fingerprint density at radius 3 is 2.52 bits per heavy atom. The fourth-order valence-corrected chi connectivity index (χ4v) is 4.33. The van der Waals surface area contributed by atoms with E-state index in [0.717, 1.165) is 0 Å². The normalized spacial score (nSPS) is 21.8. The molecule has 2 saturated heterocycles. The first-order valence-electron chi connectivity index (χ1n) is 7.05. The molecule has 21 heavy (non-hydrogen) atoms. The summed E-state index contributed by atoms with van der Waals surface area (Å²) in [4.78, 5) is 20.2. The zero-order valence-corrected chi connectivity index (χ0v) is 12.7. The van der Waals surface area contributed by atoms with Crippen LogP contribution in [0.5, 0.6) is 0 Å². The van der Waals surface area contributed by atoms with Crippen LogP contribution < -0.4 is 5.32 Å². The molecule has 2 fully saturated rings. The number of hydrogen-bond acceptors (Lipinski definition) is 4. The number of nitrogens with one attached hydrogen (secondary N) is 2. The van der Waals surface area contributed by atoms with Crippen LogP contribution >= 0.6 is 0 Å². The summed E-state index contributed by atoms with van der Waals surface area (Å²) < 4.78 is 26.4. The average molecular weight is 313 g/mol. The number of nitrogens with zero attached hydrogens (tertiary/aromatic N) is 3. The van der Waals surface area contributed by atoms with Gasteiger partial charge in [-0.15, -0.1) is 0 Å². The van der Waals surface area contributed by atoms with Crippen molar-refractivity contribution in [3.63, 3.8) is 0 Å². The Kier molecular flexibility index (Phi) is 3.62. The summed E-state index contributed by atoms with van der Waals surface area (Å²) in [6, 6.07) is 0.0861. The molecule has 2 aliphatic rings. The third-order valence-electron chi connectivity index (χ3n) is 4.05. The number of carbonyl (C=O) groups excluding carboxylic acids is 1. The lowest BCUT2D eigenvalue weighted by Crippen LogP contribution is -2.47. The molecule has 2 N–H and O–H groups in total. The maximum atomic E-state index is 12.5. The Hall–Kier alpha value is -1.61. The average Bonchev–Trinajstić information content (AvgIpc) is 3.08. The van der Waals surface area contributed by atoms with Crippen molar-refractivity contribution >= 4 is 16.1 Å². The maximum absolute atomic E-state index is 12.5. The summed E-state index contributed by atoms with van der Waals surface area (Å²) in [7, 11) is -3.51. The zero-order chi connectivity index (χ0) is 15.0. The maximum Gasteiger partial charge on any atom is 0.317 e. The van der Waals surface area contributed by atoms with Crippen molar-refractivity contribution in [1.82, 2.24) is 24.5 Å². The molecule has 1 aromatic rings. The van der Waals surface area contributed by atoms with Crippen LogP contribution in [-0.4, -0.2) is 65.8 Å². The molecule has 0 aromatic carbocycles. The van der Waals surface area contributed by atoms with Crippen LogP contribution in [0.15, 0.2) is 11.2 Å². The Bertz CT molecular complexity index is 633. The van der Waals surface area contributed by atoms with E-state index in [4.69, 9.17) is 0 Å². The van der Waals surface area contributed by atoms with E-state index in [1.54, 1.807) is 6.92 Å². The van der Waals surface area contributed by atoms with Gasteiger partial charge in [0.15, 0.2) is 5.03 Å². The standard InChI is InChI=1S/C12H19N5O3S/c1-9-14-8-11(15-9)21(19,20)16-5-2-10(3-6-16)17-7-4-13-12(17)18/h8,10H,2-7H2,1H3,(H,13,18)(H,14,15). The largest absolute Gasteiger partial charge is 0.336 e. The van der Waals surface area contributed by atoms with E-state index >= 15 is 0 Å². The Morgan fingerprint density at radius 2 is 2.00 bits per heavy atom. The Morgan fingerprint density at radius 1 is 1.29 bits per heavy atom. The number of carbonyl (C=O) groups is 1. The summed E-state index contributed by atoms with van der Waals surface area (Å²) in [6.45, 7) is 3.95. The highest BCUT2D eigenvalue weighted by atomic mass is 32.2. The summed E-state index contributed by atoms with van der Waals surface area (Å²) in [5.41, 5.74) is 0. The highest BCUT2D eigenvalue weighted by Crippen LogP contribution is 2.23. The van der Waals surface area contributed by atoms with Gasteiger partial charge in [0.25, 0.3) is 10.0 Å². The predicted molar refractivity (Wildman–Crippen MR) is 75.2 cm³/mol. The van der Waals surface area contributed by atoms with Gasteiger partial charge in [0.1, 0.15) is 5.82 Å². The molecule has 3 rings (SSSR count). The van der Waals surface area contributed by atoms with Crippen molar-refractivity contribution in [3.05, 3.63) is 12.0 Å². The third-order valence-corrected chi connectivity index (χ3v) is 5.86. The molecule has 0 atom stereocenters. The lowest BCUT2D eigenvalue weighted by molar-refractivity contribution is 0.167. The number of amides is 2. The Balaban J connectivity index is 1.67. The topological polar surface area (TPSA) is 98.4 Å². The molecule has 1 aromatic heterocycles. The number of urea groups is 1. The van der Waals surface area contributed by atoms with E-state index in [1.807, 2.05) is 4.90 Å². The predicted octanol–water partition coefficient (Wildman–Crippen LogP) is -0.104. The SMILES string of the molecule is Cc1ncc(S(=O)(=O)N2CCC(N3CCNC3=O)CC2)[nH]1. The van der Waals surface area contributed by atoms with Crippen LogP contribution in [0.1, 0.15) is 18.7 Å². The molecule has 2 amide bonds. The van der Waals surface area contributed by atoms with Crippen LogP contribution in [-0.2, 0) is 10.0 Å². The number of H-pyrrole nitrogens is 1. The molecule has 0 aliphatic carbocycles. The smallest absolute Gasteiger partial charge is 0.317 e. The van der Waals surface area contributed by atoms with Crippen molar-refractivity contribution in [3.8, 4) is 0 Å². The van der Waals surface area contributed by atoms with E-state index in [9.17, 15) is 13.2 Å². The second-order valence-corrected chi connectivity index (χ2v) is 7.30. The van der Waals surface area contributed by atoms with Crippen molar-refractivity contribution in [2.75, 3.05) is 26.2 Å². The molecule has 0 radical (unpaired) electrons. The van der Waals surface area contributed by atoms with Crippen LogP contribution in [0.25, 0.3) is 0 Å². The molecule has 0 unspecified atom stereocenters. The van der Waals surface area contributed by atoms with Gasteiger partial charge in [0, 0.05) is 32.2 Å². The zero-order valence-electron chi connectivity index (χ0n) is 11.9. The highest BCUT2D eigenvalue weighted by Gasteiger charge is 2.35. The molecule has 3 heterocycles. The second-order valence-electron chi connectivity index (χ2n) is 5.39. The Labute approximate surface area is 123 Å². The van der Waals surface area contributed by atoms with Gasteiger partial charge in [-0.25, -0.2) is 18.2 Å². The number of imidazole rings is 1. The summed E-state index contributed by atoms with van der Waals surface area (Å²) in [5, 5.41) is 2.92. The van der Waals surface area contributed by atoms with Gasteiger partial charge in [-0.1, -0.05) is 0 Å². The van der Waals surface area contributed by atoms with Gasteiger partial charge >= 0.3 is 6.03 Å². The molecule has 0 bridgehead atoms. The molecule has 0 spiro atoms. The minimum Gasteiger partial charge on any atom is -0.336 e. The van der Waals surface area contributed by atoms with Crippen LogP contribution in [0.2, 0.25) is 0 Å². The van der Waals surface area contributed by atoms with Crippen LogP contribution in [0, 0.1) is 6.92 Å². The summed E-state index contributed by atoms with van der Waals surface area (Å²) >= 11 is 0. The molecule has 116 valence electrons. The monoisotopic (exact) mass is 313 g/mol. The van der Waals surface area contributed by atoms with Gasteiger partial charge in [-0.05, 0) is 19.8 Å². The first-order valence-corrected chi connectivity index (χ1v) is 8.49. The first kappa shape index (κ1) is 14.3. The van der Waals surface area contributed by atoms with Crippen molar-refractivity contribution in [2.24, 2.45) is 0 Å². The van der Waals surface area contributed by atoms with E-state index in [2.05, 4.69) is 15.3 Å². The third kappa shape index (κ3) is 2.62.